The molecule has 0 bridgehead atoms. The van der Waals surface area contributed by atoms with Crippen molar-refractivity contribution in [2.24, 2.45) is 5.73 Å². The van der Waals surface area contributed by atoms with Crippen LogP contribution in [-0.2, 0) is 74.4 Å². The third-order valence-corrected chi connectivity index (χ3v) is 14.5. The van der Waals surface area contributed by atoms with Gasteiger partial charge < -0.3 is 59.0 Å². The van der Waals surface area contributed by atoms with E-state index in [1.807, 2.05) is 12.1 Å². The quantitative estimate of drug-likeness (QED) is 0.0195. The summed E-state index contributed by atoms with van der Waals surface area (Å²) in [6.45, 7) is 4.27. The second-order valence-corrected chi connectivity index (χ2v) is 23.9. The maximum Gasteiger partial charge on any atom is 0.511 e. The lowest BCUT2D eigenvalue weighted by Gasteiger charge is -2.23. The Kier molecular flexibility index (Phi) is 33.9. The number of benzene rings is 4. The largest absolute Gasteiger partial charge is 0.511 e. The molecule has 2 saturated carbocycles. The number of halogens is 5. The number of nitrogens with two attached hydrogens (primary N) is 1. The Labute approximate surface area is 501 Å². The van der Waals surface area contributed by atoms with Crippen LogP contribution in [0.3, 0.4) is 0 Å². The van der Waals surface area contributed by atoms with E-state index in [1.165, 1.54) is 51.1 Å². The molecule has 2 fully saturated rings. The zero-order valence-electron chi connectivity index (χ0n) is 46.4. The van der Waals surface area contributed by atoms with E-state index in [4.69, 9.17) is 86.5 Å². The van der Waals surface area contributed by atoms with Gasteiger partial charge in [0.15, 0.2) is 0 Å². The molecule has 2 unspecified atom stereocenters. The normalized spacial score (nSPS) is 14.8. The topological polar surface area (TPSA) is 328 Å². The number of carbonyl (C=O) groups is 5. The molecule has 4 atom stereocenters. The maximum absolute atomic E-state index is 14.3. The summed E-state index contributed by atoms with van der Waals surface area (Å²) in [5, 5.41) is 3.44. The summed E-state index contributed by atoms with van der Waals surface area (Å²) in [5.41, 5.74) is 9.65. The lowest BCUT2D eigenvalue weighted by Crippen LogP contribution is -2.39. The van der Waals surface area contributed by atoms with E-state index in [1.54, 1.807) is 42.5 Å². The number of nitrogens with one attached hydrogen (secondary N) is 1. The molecule has 1 amide bonds. The fourth-order valence-corrected chi connectivity index (χ4v) is 9.19. The van der Waals surface area contributed by atoms with Crippen molar-refractivity contribution in [2.45, 2.75) is 154 Å². The Morgan fingerprint density at radius 3 is 1.39 bits per heavy atom. The Hall–Kier alpha value is -5.80. The van der Waals surface area contributed by atoms with Gasteiger partial charge in [0.1, 0.15) is 23.8 Å². The van der Waals surface area contributed by atoms with Gasteiger partial charge in [-0.2, -0.15) is 9.59 Å². The fourth-order valence-electron chi connectivity index (χ4n) is 8.35. The van der Waals surface area contributed by atoms with Crippen molar-refractivity contribution in [3.63, 3.8) is 0 Å². The van der Waals surface area contributed by atoms with Gasteiger partial charge in [-0.25, -0.2) is 18.4 Å². The van der Waals surface area contributed by atoms with Gasteiger partial charge in [-0.3, -0.25) is 23.5 Å². The Bertz CT molecular complexity index is 2850. The first-order valence-corrected chi connectivity index (χ1v) is 30.9. The van der Waals surface area contributed by atoms with Crippen molar-refractivity contribution >= 4 is 87.1 Å². The first-order valence-electron chi connectivity index (χ1n) is 26.5. The highest BCUT2D eigenvalue weighted by Crippen LogP contribution is 2.35. The predicted molar refractivity (Wildman–Crippen MR) is 307 cm³/mol. The van der Waals surface area contributed by atoms with Crippen LogP contribution < -0.4 is 11.1 Å². The van der Waals surface area contributed by atoms with Gasteiger partial charge in [-0.1, -0.05) is 91.5 Å². The average molecular weight is 1280 g/mol. The summed E-state index contributed by atoms with van der Waals surface area (Å²) in [5.74, 6) is -2.81. The van der Waals surface area contributed by atoms with Crippen LogP contribution in [0.2, 0.25) is 10.0 Å². The number of hydrogen-bond donors (Lipinski definition) is 6. The van der Waals surface area contributed by atoms with E-state index >= 15 is 0 Å². The highest BCUT2D eigenvalue weighted by Gasteiger charge is 2.26. The van der Waals surface area contributed by atoms with Gasteiger partial charge in [0, 0.05) is 59.7 Å². The van der Waals surface area contributed by atoms with Crippen molar-refractivity contribution in [1.82, 2.24) is 5.32 Å². The molecule has 4 aromatic rings. The zero-order chi connectivity index (χ0) is 61.7. The van der Waals surface area contributed by atoms with Gasteiger partial charge in [-0.15, -0.1) is 12.4 Å². The second-order valence-electron chi connectivity index (χ2n) is 19.3. The van der Waals surface area contributed by atoms with Crippen molar-refractivity contribution in [3.8, 4) is 22.3 Å². The number of esters is 2. The van der Waals surface area contributed by atoms with Crippen molar-refractivity contribution in [3.05, 3.63) is 118 Å². The van der Waals surface area contributed by atoms with E-state index in [0.29, 0.717) is 44.3 Å². The monoisotopic (exact) mass is 1280 g/mol. The number of rotatable bonds is 21. The van der Waals surface area contributed by atoms with Crippen LogP contribution >= 0.6 is 50.8 Å². The van der Waals surface area contributed by atoms with Crippen LogP contribution in [0.1, 0.15) is 115 Å². The van der Waals surface area contributed by atoms with E-state index < -0.39 is 88.4 Å². The van der Waals surface area contributed by atoms with E-state index in [9.17, 15) is 41.9 Å². The first kappa shape index (κ1) is 74.3. The van der Waals surface area contributed by atoms with Crippen molar-refractivity contribution in [1.29, 1.82) is 0 Å². The molecule has 0 aliphatic heterocycles. The molecule has 4 aromatic carbocycles. The third-order valence-electron chi connectivity index (χ3n) is 12.4. The van der Waals surface area contributed by atoms with Crippen LogP contribution in [0.15, 0.2) is 84.9 Å². The molecule has 2 aliphatic carbocycles. The average Bonchev–Trinajstić information content (AvgIpc) is 3.43. The van der Waals surface area contributed by atoms with Gasteiger partial charge >= 0.3 is 45.6 Å². The lowest BCUT2D eigenvalue weighted by atomic mass is 9.98. The van der Waals surface area contributed by atoms with Crippen LogP contribution in [-0.4, -0.2) is 105 Å². The minimum absolute atomic E-state index is 0. The van der Waals surface area contributed by atoms with E-state index in [2.05, 4.69) is 5.32 Å². The fraction of sp³-hybridized carbons (Fsp3) is 0.464. The summed E-state index contributed by atoms with van der Waals surface area (Å²) in [6, 6.07) is 21.2. The Morgan fingerprint density at radius 1 is 0.631 bits per heavy atom. The van der Waals surface area contributed by atoms with Gasteiger partial charge in [0.2, 0.25) is 18.5 Å². The molecule has 0 heterocycles. The number of ether oxygens (including phenoxy) is 6. The number of hydrogen-bond acceptors (Lipinski definition) is 16. The van der Waals surface area contributed by atoms with Crippen molar-refractivity contribution < 1.29 is 99.5 Å². The highest BCUT2D eigenvalue weighted by molar-refractivity contribution is 7.52. The molecule has 28 heteroatoms. The van der Waals surface area contributed by atoms with Gasteiger partial charge in [0.25, 0.3) is 0 Å². The Morgan fingerprint density at radius 2 is 1.01 bits per heavy atom. The molecule has 21 nitrogen and oxygen atoms in total. The molecule has 0 saturated heterocycles. The van der Waals surface area contributed by atoms with Crippen LogP contribution in [0, 0.1) is 11.6 Å². The molecular weight excluding hydrogens is 1210 g/mol. The predicted octanol–water partition coefficient (Wildman–Crippen LogP) is 11.3. The van der Waals surface area contributed by atoms with Crippen LogP contribution in [0.4, 0.5) is 18.4 Å². The van der Waals surface area contributed by atoms with Crippen LogP contribution in [0.5, 0.6) is 0 Å². The summed E-state index contributed by atoms with van der Waals surface area (Å²) in [6.07, 6.45) is 4.23. The number of carbonyl (C=O) groups excluding carboxylic acids is 7. The highest BCUT2D eigenvalue weighted by atomic mass is 35.5. The molecule has 464 valence electrons. The SMILES string of the molecule is CC(OC(=O)C[C@@H](Cc1ccc(-c2cc(Cl)ccc2F)cc1)NC(=O)CCP(=O)(O)O)OC(=O)OC1CCCCC1.CC(OC(=O)C[C@H](N)Cc1ccc(-c2cc(Cl)ccc2F)cc1)OC(=O)OC1CCCCC1.CCP(=O)(O)O.Cl.O=C=O. The molecule has 0 aromatic heterocycles. The molecule has 2 aliphatic rings. The molecule has 6 rings (SSSR count). The minimum Gasteiger partial charge on any atom is -0.431 e. The number of amides is 1. The Balaban J connectivity index is 0.000000503. The van der Waals surface area contributed by atoms with Crippen molar-refractivity contribution in [2.75, 3.05) is 12.3 Å². The van der Waals surface area contributed by atoms with E-state index in [0.717, 1.165) is 69.8 Å². The molecule has 0 radical (unpaired) electrons. The summed E-state index contributed by atoms with van der Waals surface area (Å²) in [4.78, 5) is 111. The molecule has 84 heavy (non-hydrogen) atoms. The minimum atomic E-state index is -4.40. The summed E-state index contributed by atoms with van der Waals surface area (Å²) in [7, 11) is -8.05. The molecular formula is C56H71Cl3F2N2O19P2. The molecule has 0 spiro atoms. The molecule has 7 N–H and O–H groups in total. The van der Waals surface area contributed by atoms with Gasteiger partial charge in [0.05, 0.1) is 19.0 Å². The summed E-state index contributed by atoms with van der Waals surface area (Å²) < 4.78 is 80.0. The smallest absolute Gasteiger partial charge is 0.431 e. The first-order chi connectivity index (χ1) is 39.1. The van der Waals surface area contributed by atoms with Crippen LogP contribution in [0.25, 0.3) is 22.3 Å². The maximum atomic E-state index is 14.3. The van der Waals surface area contributed by atoms with E-state index in [-0.39, 0.29) is 62.0 Å². The standard InChI is InChI=1S/C28H34ClFNO9P.C25H29ClFNO5.C2H7O3P.CO2.ClH/c1-18(39-28(34)40-23-5-3-2-4-6-23)38-27(33)17-22(31-26(32)13-14-41(35,36)37)15-19-7-9-20(10-8-19)24-16-21(29)11-12-25(24)30;1-16(32-25(30)33-21-5-3-2-4-6-21)31-24(29)15-20(28)13-17-7-9-18(10-8-17)22-14-19(26)11-12-23(22)27;1-2-6(3,4)5;2-1-3;/h7-12,16,18,22-23H,2-6,13-15,17H2,1H3,(H,31,32)(H2,35,36,37);7-12,14,16,20-21H,2-6,13,15,28H2,1H3;2H2,1H3,(H2,3,4,5);;1H/t18?,22-;16?,20-;;;/m11.../s1. The zero-order valence-corrected chi connectivity index (χ0v) is 50.5. The van der Waals surface area contributed by atoms with Gasteiger partial charge in [-0.05, 0) is 123 Å². The second kappa shape index (κ2) is 38.3. The summed E-state index contributed by atoms with van der Waals surface area (Å²) >= 11 is 12.0. The lowest BCUT2D eigenvalue weighted by molar-refractivity contribution is -0.192. The third kappa shape index (κ3) is 31.4.